The van der Waals surface area contributed by atoms with Gasteiger partial charge in [-0.3, -0.25) is 0 Å². The summed E-state index contributed by atoms with van der Waals surface area (Å²) >= 11 is 0. The Morgan fingerprint density at radius 3 is 2.70 bits per heavy atom. The first-order valence-corrected chi connectivity index (χ1v) is 10.2. The van der Waals surface area contributed by atoms with Crippen molar-refractivity contribution in [3.05, 3.63) is 29.8 Å². The fourth-order valence-corrected chi connectivity index (χ4v) is 3.21. The topological polar surface area (TPSA) is 58.1 Å². The molecule has 0 radical (unpaired) electrons. The maximum absolute atomic E-state index is 5.41. The summed E-state index contributed by atoms with van der Waals surface area (Å²) in [5.41, 5.74) is 1.17. The predicted molar refractivity (Wildman–Crippen MR) is 111 cm³/mol. The van der Waals surface area contributed by atoms with Crippen LogP contribution in [0, 0.1) is 5.92 Å². The minimum Gasteiger partial charge on any atom is -0.497 e. The summed E-state index contributed by atoms with van der Waals surface area (Å²) in [5, 5.41) is 6.98. The second-order valence-corrected chi connectivity index (χ2v) is 6.92. The summed E-state index contributed by atoms with van der Waals surface area (Å²) in [5.74, 6) is 2.45. The standard InChI is InChI=1S/C21H36N4O2/c1-4-25-13-11-19(17-25)16-24-21(22-12-6-14-27-5-2)23-15-18-7-9-20(26-3)10-8-18/h7-10,19H,4-6,11-17H2,1-3H3,(H2,22,23,24). The molecule has 1 aliphatic rings. The van der Waals surface area contributed by atoms with E-state index in [1.807, 2.05) is 19.1 Å². The number of hydrogen-bond acceptors (Lipinski definition) is 4. The van der Waals surface area contributed by atoms with E-state index >= 15 is 0 Å². The molecule has 1 atom stereocenters. The Morgan fingerprint density at radius 2 is 2.04 bits per heavy atom. The zero-order valence-corrected chi connectivity index (χ0v) is 17.2. The molecule has 152 valence electrons. The lowest BCUT2D eigenvalue weighted by molar-refractivity contribution is 0.145. The first kappa shape index (κ1) is 21.5. The van der Waals surface area contributed by atoms with Crippen molar-refractivity contribution in [3.8, 4) is 5.75 Å². The van der Waals surface area contributed by atoms with Crippen molar-refractivity contribution in [1.29, 1.82) is 0 Å². The van der Waals surface area contributed by atoms with E-state index in [1.165, 1.54) is 25.1 Å². The molecule has 0 amide bonds. The van der Waals surface area contributed by atoms with Crippen LogP contribution in [0.2, 0.25) is 0 Å². The molecule has 0 aromatic heterocycles. The van der Waals surface area contributed by atoms with E-state index in [0.717, 1.165) is 51.0 Å². The molecular formula is C21H36N4O2. The van der Waals surface area contributed by atoms with E-state index in [0.29, 0.717) is 12.5 Å². The van der Waals surface area contributed by atoms with Gasteiger partial charge in [-0.1, -0.05) is 19.1 Å². The van der Waals surface area contributed by atoms with Gasteiger partial charge in [0.05, 0.1) is 13.7 Å². The second kappa shape index (κ2) is 12.6. The monoisotopic (exact) mass is 376 g/mol. The number of nitrogens with zero attached hydrogens (tertiary/aromatic N) is 2. The third-order valence-corrected chi connectivity index (χ3v) is 4.92. The van der Waals surface area contributed by atoms with Gasteiger partial charge < -0.3 is 25.0 Å². The van der Waals surface area contributed by atoms with Gasteiger partial charge in [-0.25, -0.2) is 4.99 Å². The molecule has 0 saturated carbocycles. The molecule has 1 aromatic carbocycles. The van der Waals surface area contributed by atoms with Crippen molar-refractivity contribution in [3.63, 3.8) is 0 Å². The second-order valence-electron chi connectivity index (χ2n) is 6.92. The summed E-state index contributed by atoms with van der Waals surface area (Å²) in [4.78, 5) is 7.28. The molecule has 0 spiro atoms. The Bertz CT molecular complexity index is 548. The van der Waals surface area contributed by atoms with Gasteiger partial charge in [0.25, 0.3) is 0 Å². The molecule has 1 unspecified atom stereocenters. The zero-order valence-electron chi connectivity index (χ0n) is 17.2. The lowest BCUT2D eigenvalue weighted by Gasteiger charge is -2.17. The van der Waals surface area contributed by atoms with Gasteiger partial charge >= 0.3 is 0 Å². The van der Waals surface area contributed by atoms with E-state index in [1.54, 1.807) is 7.11 Å². The third kappa shape index (κ3) is 8.18. The number of nitrogens with one attached hydrogen (secondary N) is 2. The molecule has 1 fully saturated rings. The number of methoxy groups -OCH3 is 1. The summed E-state index contributed by atoms with van der Waals surface area (Å²) < 4.78 is 10.6. The predicted octanol–water partition coefficient (Wildman–Crippen LogP) is 2.50. The molecular weight excluding hydrogens is 340 g/mol. The van der Waals surface area contributed by atoms with Crippen molar-refractivity contribution in [1.82, 2.24) is 15.5 Å². The molecule has 27 heavy (non-hydrogen) atoms. The lowest BCUT2D eigenvalue weighted by Crippen LogP contribution is -2.41. The van der Waals surface area contributed by atoms with Crippen LogP contribution in [-0.2, 0) is 11.3 Å². The smallest absolute Gasteiger partial charge is 0.191 e. The highest BCUT2D eigenvalue weighted by Crippen LogP contribution is 2.14. The van der Waals surface area contributed by atoms with Crippen LogP contribution in [-0.4, -0.2) is 63.9 Å². The van der Waals surface area contributed by atoms with E-state index in [4.69, 9.17) is 14.5 Å². The van der Waals surface area contributed by atoms with Crippen molar-refractivity contribution in [2.24, 2.45) is 10.9 Å². The Kier molecular flexibility index (Phi) is 10.0. The molecule has 0 bridgehead atoms. The van der Waals surface area contributed by atoms with Crippen LogP contribution >= 0.6 is 0 Å². The van der Waals surface area contributed by atoms with Gasteiger partial charge in [0.1, 0.15) is 5.75 Å². The van der Waals surface area contributed by atoms with Crippen molar-refractivity contribution in [2.45, 2.75) is 33.2 Å². The summed E-state index contributed by atoms with van der Waals surface area (Å²) in [7, 11) is 1.68. The molecule has 1 heterocycles. The minimum atomic E-state index is 0.649. The molecule has 6 nitrogen and oxygen atoms in total. The van der Waals surface area contributed by atoms with Gasteiger partial charge in [-0.15, -0.1) is 0 Å². The Morgan fingerprint density at radius 1 is 1.22 bits per heavy atom. The number of rotatable bonds is 11. The van der Waals surface area contributed by atoms with Crippen LogP contribution in [0.15, 0.2) is 29.3 Å². The Hall–Kier alpha value is -1.79. The number of hydrogen-bond donors (Lipinski definition) is 2. The largest absolute Gasteiger partial charge is 0.497 e. The summed E-state index contributed by atoms with van der Waals surface area (Å²) in [6.45, 7) is 11.8. The van der Waals surface area contributed by atoms with E-state index in [-0.39, 0.29) is 0 Å². The number of benzene rings is 1. The molecule has 6 heteroatoms. The average Bonchev–Trinajstić information content (AvgIpc) is 3.17. The third-order valence-electron chi connectivity index (χ3n) is 4.92. The Balaban J connectivity index is 1.84. The quantitative estimate of drug-likeness (QED) is 0.353. The number of guanidine groups is 1. The lowest BCUT2D eigenvalue weighted by atomic mass is 10.1. The highest BCUT2D eigenvalue weighted by atomic mass is 16.5. The highest BCUT2D eigenvalue weighted by molar-refractivity contribution is 5.79. The van der Waals surface area contributed by atoms with E-state index in [2.05, 4.69) is 34.6 Å². The fraction of sp³-hybridized carbons (Fsp3) is 0.667. The van der Waals surface area contributed by atoms with Crippen LogP contribution < -0.4 is 15.4 Å². The van der Waals surface area contributed by atoms with Crippen molar-refractivity contribution in [2.75, 3.05) is 53.0 Å². The number of ether oxygens (including phenoxy) is 2. The molecule has 1 aromatic rings. The molecule has 1 saturated heterocycles. The average molecular weight is 377 g/mol. The highest BCUT2D eigenvalue weighted by Gasteiger charge is 2.20. The first-order valence-electron chi connectivity index (χ1n) is 10.2. The number of aliphatic imine (C=N–C) groups is 1. The minimum absolute atomic E-state index is 0.649. The van der Waals surface area contributed by atoms with E-state index < -0.39 is 0 Å². The number of likely N-dealkylation sites (tertiary alicyclic amines) is 1. The maximum atomic E-state index is 5.41. The molecule has 0 aliphatic carbocycles. The summed E-state index contributed by atoms with van der Waals surface area (Å²) in [6.07, 6.45) is 2.24. The SMILES string of the molecule is CCOCCCNC(=NCc1ccc(OC)cc1)NCC1CCN(CC)C1. The van der Waals surface area contributed by atoms with Gasteiger partial charge in [-0.2, -0.15) is 0 Å². The Labute approximate surface area is 164 Å². The van der Waals surface area contributed by atoms with Gasteiger partial charge in [0, 0.05) is 32.8 Å². The maximum Gasteiger partial charge on any atom is 0.191 e. The molecule has 1 aliphatic heterocycles. The van der Waals surface area contributed by atoms with Gasteiger partial charge in [-0.05, 0) is 56.5 Å². The van der Waals surface area contributed by atoms with Crippen LogP contribution in [0.25, 0.3) is 0 Å². The van der Waals surface area contributed by atoms with Crippen LogP contribution in [0.1, 0.15) is 32.3 Å². The molecule has 2 rings (SSSR count). The van der Waals surface area contributed by atoms with Crippen LogP contribution in [0.3, 0.4) is 0 Å². The normalized spacial score (nSPS) is 17.9. The van der Waals surface area contributed by atoms with Crippen molar-refractivity contribution >= 4 is 5.96 Å². The fourth-order valence-electron chi connectivity index (χ4n) is 3.21. The van der Waals surface area contributed by atoms with Gasteiger partial charge in [0.15, 0.2) is 5.96 Å². The van der Waals surface area contributed by atoms with Gasteiger partial charge in [0.2, 0.25) is 0 Å². The molecule has 2 N–H and O–H groups in total. The first-order chi connectivity index (χ1) is 13.2. The van der Waals surface area contributed by atoms with E-state index in [9.17, 15) is 0 Å². The summed E-state index contributed by atoms with van der Waals surface area (Å²) in [6, 6.07) is 8.08. The van der Waals surface area contributed by atoms with Crippen LogP contribution in [0.5, 0.6) is 5.75 Å². The van der Waals surface area contributed by atoms with Crippen LogP contribution in [0.4, 0.5) is 0 Å². The zero-order chi connectivity index (χ0) is 19.3. The van der Waals surface area contributed by atoms with Crippen molar-refractivity contribution < 1.29 is 9.47 Å².